The molecular weight excluding hydrogens is 246 g/mol. The molecule has 1 aromatic carbocycles. The van der Waals surface area contributed by atoms with Crippen LogP contribution in [0.3, 0.4) is 0 Å². The standard InChI is InChI=1S/C13H19N3O3/c1-4-19-13(18)10-7-9(14)5-6-11(10)15-8-12(17)16(2)3/h5-7,15H,4,8,14H2,1-3H3. The monoisotopic (exact) mass is 265 g/mol. The number of rotatable bonds is 5. The van der Waals surface area contributed by atoms with E-state index < -0.39 is 5.97 Å². The molecule has 0 aliphatic heterocycles. The second-order valence-electron chi connectivity index (χ2n) is 4.17. The molecule has 0 aromatic heterocycles. The van der Waals surface area contributed by atoms with Crippen molar-refractivity contribution >= 4 is 23.3 Å². The lowest BCUT2D eigenvalue weighted by atomic mass is 10.1. The van der Waals surface area contributed by atoms with Gasteiger partial charge >= 0.3 is 5.97 Å². The number of nitrogens with one attached hydrogen (secondary N) is 1. The second kappa shape index (κ2) is 6.63. The summed E-state index contributed by atoms with van der Waals surface area (Å²) >= 11 is 0. The lowest BCUT2D eigenvalue weighted by molar-refractivity contribution is -0.126. The molecule has 0 heterocycles. The van der Waals surface area contributed by atoms with E-state index in [9.17, 15) is 9.59 Å². The smallest absolute Gasteiger partial charge is 0.340 e. The first-order chi connectivity index (χ1) is 8.95. The van der Waals surface area contributed by atoms with Crippen LogP contribution in [-0.4, -0.2) is 44.0 Å². The summed E-state index contributed by atoms with van der Waals surface area (Å²) in [7, 11) is 3.33. The Morgan fingerprint density at radius 2 is 2.05 bits per heavy atom. The summed E-state index contributed by atoms with van der Waals surface area (Å²) in [5, 5.41) is 2.91. The molecular formula is C13H19N3O3. The third-order valence-corrected chi connectivity index (χ3v) is 2.47. The largest absolute Gasteiger partial charge is 0.462 e. The number of carbonyl (C=O) groups is 2. The molecule has 0 saturated heterocycles. The van der Waals surface area contributed by atoms with Crippen LogP contribution in [0.25, 0.3) is 0 Å². The Hall–Kier alpha value is -2.24. The molecule has 6 heteroatoms. The number of hydrogen-bond donors (Lipinski definition) is 2. The first-order valence-electron chi connectivity index (χ1n) is 5.96. The van der Waals surface area contributed by atoms with E-state index in [4.69, 9.17) is 10.5 Å². The van der Waals surface area contributed by atoms with Crippen molar-refractivity contribution in [2.75, 3.05) is 38.3 Å². The molecule has 0 bridgehead atoms. The number of esters is 1. The highest BCUT2D eigenvalue weighted by Gasteiger charge is 2.14. The molecule has 0 unspecified atom stereocenters. The second-order valence-corrected chi connectivity index (χ2v) is 4.17. The Morgan fingerprint density at radius 3 is 2.63 bits per heavy atom. The van der Waals surface area contributed by atoms with Crippen LogP contribution in [0.4, 0.5) is 11.4 Å². The van der Waals surface area contributed by atoms with E-state index in [1.165, 1.54) is 11.0 Å². The number of nitrogens with zero attached hydrogens (tertiary/aromatic N) is 1. The van der Waals surface area contributed by atoms with Gasteiger partial charge in [0.15, 0.2) is 0 Å². The maximum atomic E-state index is 11.8. The summed E-state index contributed by atoms with van der Waals surface area (Å²) in [6.07, 6.45) is 0. The van der Waals surface area contributed by atoms with Gasteiger partial charge in [0.2, 0.25) is 5.91 Å². The van der Waals surface area contributed by atoms with Crippen LogP contribution in [0.15, 0.2) is 18.2 Å². The summed E-state index contributed by atoms with van der Waals surface area (Å²) in [5.74, 6) is -0.554. The van der Waals surface area contributed by atoms with Gasteiger partial charge in [-0.2, -0.15) is 0 Å². The van der Waals surface area contributed by atoms with Crippen molar-refractivity contribution in [2.45, 2.75) is 6.92 Å². The number of benzene rings is 1. The summed E-state index contributed by atoms with van der Waals surface area (Å²) in [4.78, 5) is 24.8. The molecule has 1 amide bonds. The molecule has 6 nitrogen and oxygen atoms in total. The molecule has 1 aromatic rings. The van der Waals surface area contributed by atoms with Crippen LogP contribution in [0, 0.1) is 0 Å². The van der Waals surface area contributed by atoms with Crippen LogP contribution in [-0.2, 0) is 9.53 Å². The Labute approximate surface area is 112 Å². The minimum absolute atomic E-state index is 0.0911. The van der Waals surface area contributed by atoms with Gasteiger partial charge in [-0.05, 0) is 25.1 Å². The van der Waals surface area contributed by atoms with Crippen molar-refractivity contribution in [2.24, 2.45) is 0 Å². The molecule has 0 fully saturated rings. The predicted octanol–water partition coefficient (Wildman–Crippen LogP) is 0.946. The molecule has 0 saturated carbocycles. The minimum atomic E-state index is -0.463. The number of carbonyl (C=O) groups excluding carboxylic acids is 2. The Bertz CT molecular complexity index is 472. The zero-order valence-corrected chi connectivity index (χ0v) is 11.4. The highest BCUT2D eigenvalue weighted by molar-refractivity contribution is 5.97. The van der Waals surface area contributed by atoms with Crippen LogP contribution in [0.2, 0.25) is 0 Å². The number of amides is 1. The van der Waals surface area contributed by atoms with Gasteiger partial charge in [-0.15, -0.1) is 0 Å². The highest BCUT2D eigenvalue weighted by Crippen LogP contribution is 2.19. The third-order valence-electron chi connectivity index (χ3n) is 2.47. The normalized spacial score (nSPS) is 9.84. The van der Waals surface area contributed by atoms with Crippen molar-refractivity contribution < 1.29 is 14.3 Å². The van der Waals surface area contributed by atoms with Gasteiger partial charge in [-0.1, -0.05) is 0 Å². The summed E-state index contributed by atoms with van der Waals surface area (Å²) in [6.45, 7) is 2.11. The fourth-order valence-corrected chi connectivity index (χ4v) is 1.42. The highest BCUT2D eigenvalue weighted by atomic mass is 16.5. The van der Waals surface area contributed by atoms with Gasteiger partial charge < -0.3 is 20.7 Å². The van der Waals surface area contributed by atoms with Crippen LogP contribution in [0.1, 0.15) is 17.3 Å². The molecule has 19 heavy (non-hydrogen) atoms. The summed E-state index contributed by atoms with van der Waals surface area (Å²) in [5.41, 5.74) is 6.98. The average molecular weight is 265 g/mol. The number of hydrogen-bond acceptors (Lipinski definition) is 5. The van der Waals surface area contributed by atoms with Gasteiger partial charge in [0.25, 0.3) is 0 Å². The maximum Gasteiger partial charge on any atom is 0.340 e. The van der Waals surface area contributed by atoms with Crippen LogP contribution < -0.4 is 11.1 Å². The lowest BCUT2D eigenvalue weighted by Crippen LogP contribution is -2.29. The predicted molar refractivity (Wildman–Crippen MR) is 74.0 cm³/mol. The van der Waals surface area contributed by atoms with E-state index in [-0.39, 0.29) is 19.1 Å². The third kappa shape index (κ3) is 4.17. The van der Waals surface area contributed by atoms with E-state index in [2.05, 4.69) is 5.32 Å². The zero-order valence-electron chi connectivity index (χ0n) is 11.4. The fraction of sp³-hybridized carbons (Fsp3) is 0.385. The number of likely N-dealkylation sites (N-methyl/N-ethyl adjacent to an activating group) is 1. The van der Waals surface area contributed by atoms with Crippen molar-refractivity contribution in [1.82, 2.24) is 4.90 Å². The lowest BCUT2D eigenvalue weighted by Gasteiger charge is -2.14. The Morgan fingerprint density at radius 1 is 1.37 bits per heavy atom. The maximum absolute atomic E-state index is 11.8. The number of nitrogens with two attached hydrogens (primary N) is 1. The van der Waals surface area contributed by atoms with Gasteiger partial charge in [0.05, 0.1) is 18.7 Å². The number of ether oxygens (including phenoxy) is 1. The molecule has 104 valence electrons. The van der Waals surface area contributed by atoms with Gasteiger partial charge in [0.1, 0.15) is 0 Å². The Kier molecular flexibility index (Phi) is 5.17. The van der Waals surface area contributed by atoms with Crippen molar-refractivity contribution in [3.8, 4) is 0 Å². The van der Waals surface area contributed by atoms with Crippen molar-refractivity contribution in [3.63, 3.8) is 0 Å². The number of nitrogen functional groups attached to an aromatic ring is 1. The van der Waals surface area contributed by atoms with E-state index in [0.29, 0.717) is 16.9 Å². The van der Waals surface area contributed by atoms with E-state index in [1.807, 2.05) is 0 Å². The molecule has 0 spiro atoms. The zero-order chi connectivity index (χ0) is 14.4. The summed E-state index contributed by atoms with van der Waals surface area (Å²) < 4.78 is 4.95. The molecule has 0 atom stereocenters. The summed E-state index contributed by atoms with van der Waals surface area (Å²) in [6, 6.07) is 4.84. The van der Waals surface area contributed by atoms with E-state index >= 15 is 0 Å². The fourth-order valence-electron chi connectivity index (χ4n) is 1.42. The van der Waals surface area contributed by atoms with Crippen molar-refractivity contribution in [1.29, 1.82) is 0 Å². The number of anilines is 2. The van der Waals surface area contributed by atoms with Gasteiger partial charge in [-0.3, -0.25) is 4.79 Å². The first-order valence-corrected chi connectivity index (χ1v) is 5.96. The molecule has 1 rings (SSSR count). The molecule has 0 aliphatic carbocycles. The van der Waals surface area contributed by atoms with Crippen LogP contribution in [0.5, 0.6) is 0 Å². The molecule has 0 radical (unpaired) electrons. The molecule has 0 aliphatic rings. The minimum Gasteiger partial charge on any atom is -0.462 e. The average Bonchev–Trinajstić information content (AvgIpc) is 2.36. The molecule has 3 N–H and O–H groups in total. The SMILES string of the molecule is CCOC(=O)c1cc(N)ccc1NCC(=O)N(C)C. The van der Waals surface area contributed by atoms with Crippen LogP contribution >= 0.6 is 0 Å². The first kappa shape index (κ1) is 14.8. The Balaban J connectivity index is 2.88. The van der Waals surface area contributed by atoms with Crippen molar-refractivity contribution in [3.05, 3.63) is 23.8 Å². The van der Waals surface area contributed by atoms with E-state index in [1.54, 1.807) is 33.2 Å². The van der Waals surface area contributed by atoms with Gasteiger partial charge in [0, 0.05) is 25.5 Å². The topological polar surface area (TPSA) is 84.7 Å². The quantitative estimate of drug-likeness (QED) is 0.611. The van der Waals surface area contributed by atoms with Gasteiger partial charge in [-0.25, -0.2) is 4.79 Å². The van der Waals surface area contributed by atoms with E-state index in [0.717, 1.165) is 0 Å².